The molecule has 152 valence electrons. The average Bonchev–Trinajstić information content (AvgIpc) is 2.89. The Morgan fingerprint density at radius 1 is 1.14 bits per heavy atom. The van der Waals surface area contributed by atoms with E-state index in [9.17, 15) is 14.4 Å². The maximum Gasteiger partial charge on any atom is 0.325 e. The van der Waals surface area contributed by atoms with Crippen LogP contribution in [-0.4, -0.2) is 53.8 Å². The van der Waals surface area contributed by atoms with Crippen LogP contribution in [0.3, 0.4) is 0 Å². The van der Waals surface area contributed by atoms with Gasteiger partial charge in [-0.3, -0.25) is 14.5 Å². The van der Waals surface area contributed by atoms with Gasteiger partial charge >= 0.3 is 6.03 Å². The van der Waals surface area contributed by atoms with Gasteiger partial charge in [0.25, 0.3) is 5.91 Å². The second kappa shape index (κ2) is 8.73. The molecule has 0 bridgehead atoms. The highest BCUT2D eigenvalue weighted by molar-refractivity contribution is 6.07. The van der Waals surface area contributed by atoms with Gasteiger partial charge in [0.1, 0.15) is 5.54 Å². The highest BCUT2D eigenvalue weighted by atomic mass is 16.2. The van der Waals surface area contributed by atoms with Crippen molar-refractivity contribution in [2.24, 2.45) is 0 Å². The third-order valence-electron chi connectivity index (χ3n) is 5.60. The van der Waals surface area contributed by atoms with E-state index in [1.807, 2.05) is 32.3 Å². The van der Waals surface area contributed by atoms with Crippen molar-refractivity contribution >= 4 is 17.8 Å². The number of hydrogen-bond acceptors (Lipinski definition) is 4. The van der Waals surface area contributed by atoms with Crippen molar-refractivity contribution in [3.05, 3.63) is 35.4 Å². The van der Waals surface area contributed by atoms with Gasteiger partial charge in [0.15, 0.2) is 0 Å². The Balaban J connectivity index is 1.51. The number of nitrogens with zero attached hydrogens (tertiary/aromatic N) is 2. The Morgan fingerprint density at radius 3 is 2.50 bits per heavy atom. The number of imide groups is 1. The summed E-state index contributed by atoms with van der Waals surface area (Å²) in [6, 6.07) is 7.64. The molecule has 1 saturated carbocycles. The molecule has 1 aliphatic heterocycles. The molecule has 1 spiro atoms. The second-order valence-corrected chi connectivity index (χ2v) is 8.06. The number of urea groups is 1. The summed E-state index contributed by atoms with van der Waals surface area (Å²) in [7, 11) is 4.01. The first kappa shape index (κ1) is 20.3. The van der Waals surface area contributed by atoms with Gasteiger partial charge in [-0.05, 0) is 38.1 Å². The number of carbonyl (C=O) groups is 3. The number of amides is 4. The van der Waals surface area contributed by atoms with Crippen LogP contribution in [0.25, 0.3) is 0 Å². The lowest BCUT2D eigenvalue weighted by Gasteiger charge is -2.30. The molecule has 7 heteroatoms. The van der Waals surface area contributed by atoms with Gasteiger partial charge in [-0.2, -0.15) is 0 Å². The van der Waals surface area contributed by atoms with Crippen LogP contribution >= 0.6 is 0 Å². The first-order valence-corrected chi connectivity index (χ1v) is 10.0. The summed E-state index contributed by atoms with van der Waals surface area (Å²) in [6.45, 7) is 1.36. The Morgan fingerprint density at radius 2 is 1.82 bits per heavy atom. The van der Waals surface area contributed by atoms with E-state index >= 15 is 0 Å². The van der Waals surface area contributed by atoms with Gasteiger partial charge in [-0.1, -0.05) is 43.5 Å². The summed E-state index contributed by atoms with van der Waals surface area (Å²) in [4.78, 5) is 40.6. The molecule has 2 aliphatic rings. The van der Waals surface area contributed by atoms with Gasteiger partial charge < -0.3 is 15.5 Å². The van der Waals surface area contributed by atoms with Crippen LogP contribution in [0.4, 0.5) is 4.79 Å². The van der Waals surface area contributed by atoms with E-state index in [1.54, 1.807) is 0 Å². The van der Waals surface area contributed by atoms with E-state index in [4.69, 9.17) is 0 Å². The molecule has 0 aromatic heterocycles. The minimum atomic E-state index is -0.725. The summed E-state index contributed by atoms with van der Waals surface area (Å²) in [5.41, 5.74) is 1.51. The lowest BCUT2D eigenvalue weighted by molar-refractivity contribution is -0.132. The zero-order valence-electron chi connectivity index (χ0n) is 16.8. The van der Waals surface area contributed by atoms with Crippen molar-refractivity contribution in [1.82, 2.24) is 20.4 Å². The zero-order valence-corrected chi connectivity index (χ0v) is 16.8. The molecule has 0 unspecified atom stereocenters. The van der Waals surface area contributed by atoms with Crippen LogP contribution in [0.5, 0.6) is 0 Å². The fraction of sp³-hybridized carbons (Fsp3) is 0.571. The molecule has 0 radical (unpaired) electrons. The van der Waals surface area contributed by atoms with E-state index in [1.165, 1.54) is 10.5 Å². The van der Waals surface area contributed by atoms with Gasteiger partial charge in [-0.15, -0.1) is 0 Å². The predicted octanol–water partition coefficient (Wildman–Crippen LogP) is 2.01. The molecular weight excluding hydrogens is 356 g/mol. The highest BCUT2D eigenvalue weighted by Gasteiger charge is 2.50. The van der Waals surface area contributed by atoms with Crippen molar-refractivity contribution in [1.29, 1.82) is 0 Å². The van der Waals surface area contributed by atoms with Crippen LogP contribution < -0.4 is 10.6 Å². The van der Waals surface area contributed by atoms with E-state index < -0.39 is 5.54 Å². The molecule has 7 nitrogen and oxygen atoms in total. The normalized spacial score (nSPS) is 18.6. The van der Waals surface area contributed by atoms with Crippen molar-refractivity contribution in [3.63, 3.8) is 0 Å². The van der Waals surface area contributed by atoms with Crippen molar-refractivity contribution in [2.75, 3.05) is 20.6 Å². The maximum atomic E-state index is 12.7. The average molecular weight is 386 g/mol. The van der Waals surface area contributed by atoms with Crippen molar-refractivity contribution in [2.45, 2.75) is 57.2 Å². The second-order valence-electron chi connectivity index (χ2n) is 8.06. The molecule has 2 N–H and O–H groups in total. The standard InChI is InChI=1S/C21H30N4O3/c1-24(2)15-17-9-5-4-8-16(17)14-22-18(26)10-13-25-19(27)21(23-20(25)28)11-6-3-7-12-21/h4-5,8-9H,3,6-7,10-15H2,1-2H3,(H,22,26)(H,23,28). The molecule has 28 heavy (non-hydrogen) atoms. The van der Waals surface area contributed by atoms with E-state index in [0.717, 1.165) is 31.4 Å². The van der Waals surface area contributed by atoms with Crippen LogP contribution in [-0.2, 0) is 22.7 Å². The van der Waals surface area contributed by atoms with Gasteiger partial charge in [0, 0.05) is 26.1 Å². The van der Waals surface area contributed by atoms with Gasteiger partial charge in [0.2, 0.25) is 5.91 Å². The zero-order chi connectivity index (χ0) is 20.1. The van der Waals surface area contributed by atoms with Crippen molar-refractivity contribution in [3.8, 4) is 0 Å². The summed E-state index contributed by atoms with van der Waals surface area (Å²) in [5, 5.41) is 5.79. The van der Waals surface area contributed by atoms with Crippen LogP contribution in [0.15, 0.2) is 24.3 Å². The first-order chi connectivity index (χ1) is 13.4. The summed E-state index contributed by atoms with van der Waals surface area (Å²) < 4.78 is 0. The molecule has 0 atom stereocenters. The molecule has 4 amide bonds. The highest BCUT2D eigenvalue weighted by Crippen LogP contribution is 2.33. The maximum absolute atomic E-state index is 12.7. The van der Waals surface area contributed by atoms with Crippen LogP contribution in [0.2, 0.25) is 0 Å². The minimum absolute atomic E-state index is 0.116. The van der Waals surface area contributed by atoms with Gasteiger partial charge in [-0.25, -0.2) is 4.79 Å². The molecule has 1 aliphatic carbocycles. The number of carbonyl (C=O) groups excluding carboxylic acids is 3. The molecule has 1 heterocycles. The Bertz CT molecular complexity index is 741. The molecule has 1 aromatic carbocycles. The fourth-order valence-corrected chi connectivity index (χ4v) is 4.09. The Kier molecular flexibility index (Phi) is 6.34. The third kappa shape index (κ3) is 4.52. The smallest absolute Gasteiger partial charge is 0.325 e. The monoisotopic (exact) mass is 386 g/mol. The topological polar surface area (TPSA) is 81.8 Å². The van der Waals surface area contributed by atoms with Crippen LogP contribution in [0.1, 0.15) is 49.7 Å². The third-order valence-corrected chi connectivity index (χ3v) is 5.60. The van der Waals surface area contributed by atoms with E-state index in [-0.39, 0.29) is 30.8 Å². The summed E-state index contributed by atoms with van der Waals surface area (Å²) >= 11 is 0. The fourth-order valence-electron chi connectivity index (χ4n) is 4.09. The molecule has 1 aromatic rings. The van der Waals surface area contributed by atoms with E-state index in [0.29, 0.717) is 19.4 Å². The lowest BCUT2D eigenvalue weighted by atomic mass is 9.82. The lowest BCUT2D eigenvalue weighted by Crippen LogP contribution is -2.48. The van der Waals surface area contributed by atoms with Gasteiger partial charge in [0.05, 0.1) is 0 Å². The number of hydrogen-bond donors (Lipinski definition) is 2. The van der Waals surface area contributed by atoms with E-state index in [2.05, 4.69) is 21.6 Å². The molecule has 1 saturated heterocycles. The predicted molar refractivity (Wildman–Crippen MR) is 106 cm³/mol. The molecule has 3 rings (SSSR count). The summed E-state index contributed by atoms with van der Waals surface area (Å²) in [5.74, 6) is -0.328. The number of benzene rings is 1. The van der Waals surface area contributed by atoms with Crippen LogP contribution in [0, 0.1) is 0 Å². The number of rotatable bonds is 7. The largest absolute Gasteiger partial charge is 0.352 e. The SMILES string of the molecule is CN(C)Cc1ccccc1CNC(=O)CCN1C(=O)NC2(CCCCC2)C1=O. The Hall–Kier alpha value is -2.41. The molecule has 2 fully saturated rings. The molecular formula is C21H30N4O3. The van der Waals surface area contributed by atoms with Crippen molar-refractivity contribution < 1.29 is 14.4 Å². The number of nitrogens with one attached hydrogen (secondary N) is 2. The minimum Gasteiger partial charge on any atom is -0.352 e. The summed E-state index contributed by atoms with van der Waals surface area (Å²) in [6.07, 6.45) is 4.51. The first-order valence-electron chi connectivity index (χ1n) is 10.0. The quantitative estimate of drug-likeness (QED) is 0.703. The Labute approximate surface area is 166 Å².